The Morgan fingerprint density at radius 2 is 1.72 bits per heavy atom. The van der Waals surface area contributed by atoms with Crippen LogP contribution in [0.2, 0.25) is 0 Å². The van der Waals surface area contributed by atoms with Crippen LogP contribution in [0.4, 0.5) is 0 Å². The number of amides is 2. The third-order valence-corrected chi connectivity index (χ3v) is 5.01. The smallest absolute Gasteiger partial charge is 0.326 e. The predicted molar refractivity (Wildman–Crippen MR) is 115 cm³/mol. The van der Waals surface area contributed by atoms with Crippen molar-refractivity contribution in [2.24, 2.45) is 22.8 Å². The molecule has 0 aromatic rings. The fraction of sp³-hybridized carbons (Fsp3) is 0.762. The summed E-state index contributed by atoms with van der Waals surface area (Å²) in [5.74, 6) is -1.70. The summed E-state index contributed by atoms with van der Waals surface area (Å²) in [4.78, 5) is 38.3. The number of likely N-dealkylation sites (N-methyl/N-ethyl adjacent to an activating group) is 1. The van der Waals surface area contributed by atoms with E-state index in [1.54, 1.807) is 24.9 Å². The standard InChI is InChI=1S/C21H40N4O4/c1-13(2)16(25(7)19(27)17(23)21(4,5)6)12-14(3)18(26)24-15(20(28)29)10-8-9-11-22/h12-13,15-17H,8-11,22-23H2,1-7H3,(H,24,26)(H,28,29)/b14-12+/t15?,16-,17-/m1/s1. The van der Waals surface area contributed by atoms with Gasteiger partial charge in [-0.3, -0.25) is 9.59 Å². The lowest BCUT2D eigenvalue weighted by Gasteiger charge is -2.35. The fourth-order valence-corrected chi connectivity index (χ4v) is 2.84. The van der Waals surface area contributed by atoms with Gasteiger partial charge in [-0.2, -0.15) is 0 Å². The van der Waals surface area contributed by atoms with Gasteiger partial charge in [0, 0.05) is 12.6 Å². The maximum atomic E-state index is 12.8. The van der Waals surface area contributed by atoms with E-state index in [0.29, 0.717) is 31.4 Å². The lowest BCUT2D eigenvalue weighted by molar-refractivity contribution is -0.141. The number of hydrogen-bond donors (Lipinski definition) is 4. The van der Waals surface area contributed by atoms with E-state index in [1.807, 2.05) is 34.6 Å². The van der Waals surface area contributed by atoms with E-state index in [9.17, 15) is 19.5 Å². The number of carbonyl (C=O) groups excluding carboxylic acids is 2. The van der Waals surface area contributed by atoms with Crippen molar-refractivity contribution in [2.75, 3.05) is 13.6 Å². The van der Waals surface area contributed by atoms with Crippen LogP contribution in [-0.4, -0.2) is 59.5 Å². The third kappa shape index (κ3) is 8.95. The summed E-state index contributed by atoms with van der Waals surface area (Å²) in [5, 5.41) is 11.9. The number of carboxylic acid groups (broad SMARTS) is 1. The van der Waals surface area contributed by atoms with Crippen LogP contribution < -0.4 is 16.8 Å². The maximum Gasteiger partial charge on any atom is 0.326 e. The summed E-state index contributed by atoms with van der Waals surface area (Å²) in [5.41, 5.74) is 11.5. The van der Waals surface area contributed by atoms with Crippen molar-refractivity contribution in [3.63, 3.8) is 0 Å². The molecule has 0 heterocycles. The van der Waals surface area contributed by atoms with Crippen molar-refractivity contribution in [1.82, 2.24) is 10.2 Å². The Morgan fingerprint density at radius 1 is 1.17 bits per heavy atom. The molecule has 0 aliphatic rings. The molecular formula is C21H40N4O4. The monoisotopic (exact) mass is 412 g/mol. The van der Waals surface area contributed by atoms with Crippen LogP contribution in [0, 0.1) is 11.3 Å². The number of carbonyl (C=O) groups is 3. The van der Waals surface area contributed by atoms with E-state index < -0.39 is 24.0 Å². The van der Waals surface area contributed by atoms with Gasteiger partial charge in [-0.1, -0.05) is 40.7 Å². The number of nitrogens with zero attached hydrogens (tertiary/aromatic N) is 1. The zero-order valence-corrected chi connectivity index (χ0v) is 19.0. The third-order valence-electron chi connectivity index (χ3n) is 5.01. The van der Waals surface area contributed by atoms with Crippen LogP contribution >= 0.6 is 0 Å². The first-order valence-electron chi connectivity index (χ1n) is 10.2. The molecule has 0 aromatic heterocycles. The summed E-state index contributed by atoms with van der Waals surface area (Å²) in [6, 6.07) is -1.99. The van der Waals surface area contributed by atoms with E-state index in [2.05, 4.69) is 5.32 Å². The maximum absolute atomic E-state index is 12.8. The number of rotatable bonds is 11. The zero-order chi connectivity index (χ0) is 22.9. The largest absolute Gasteiger partial charge is 0.480 e. The summed E-state index contributed by atoms with van der Waals surface area (Å²) < 4.78 is 0. The molecule has 0 aliphatic heterocycles. The van der Waals surface area contributed by atoms with E-state index >= 15 is 0 Å². The van der Waals surface area contributed by atoms with Crippen molar-refractivity contribution < 1.29 is 19.5 Å². The van der Waals surface area contributed by atoms with Gasteiger partial charge >= 0.3 is 5.97 Å². The Balaban J connectivity index is 5.38. The molecule has 0 radical (unpaired) electrons. The second-order valence-corrected chi connectivity index (χ2v) is 9.03. The van der Waals surface area contributed by atoms with Crippen LogP contribution in [0.5, 0.6) is 0 Å². The SMILES string of the molecule is C/C(=C\[C@H](C(C)C)N(C)C(=O)[C@@H](N)C(C)(C)C)C(=O)NC(CCCCN)C(=O)O. The molecule has 8 heteroatoms. The predicted octanol–water partition coefficient (Wildman–Crippen LogP) is 1.49. The molecule has 0 rings (SSSR count). The van der Waals surface area contributed by atoms with E-state index in [0.717, 1.165) is 0 Å². The van der Waals surface area contributed by atoms with Crippen molar-refractivity contribution in [1.29, 1.82) is 0 Å². The highest BCUT2D eigenvalue weighted by Gasteiger charge is 2.33. The first-order chi connectivity index (χ1) is 13.2. The van der Waals surface area contributed by atoms with Crippen molar-refractivity contribution in [2.45, 2.75) is 78.9 Å². The average Bonchev–Trinajstić information content (AvgIpc) is 2.61. The Morgan fingerprint density at radius 3 is 2.14 bits per heavy atom. The molecular weight excluding hydrogens is 372 g/mol. The molecule has 0 aliphatic carbocycles. The van der Waals surface area contributed by atoms with Crippen molar-refractivity contribution in [3.8, 4) is 0 Å². The molecule has 0 spiro atoms. The minimum Gasteiger partial charge on any atom is -0.480 e. The first-order valence-corrected chi connectivity index (χ1v) is 10.2. The van der Waals surface area contributed by atoms with Crippen LogP contribution in [0.3, 0.4) is 0 Å². The number of unbranched alkanes of at least 4 members (excludes halogenated alkanes) is 1. The molecule has 1 unspecified atom stereocenters. The summed E-state index contributed by atoms with van der Waals surface area (Å²) in [6.07, 6.45) is 3.34. The molecule has 29 heavy (non-hydrogen) atoms. The first kappa shape index (κ1) is 27.1. The van der Waals surface area contributed by atoms with Gasteiger partial charge in [0.05, 0.1) is 12.1 Å². The second kappa shape index (κ2) is 11.9. The van der Waals surface area contributed by atoms with Gasteiger partial charge in [-0.25, -0.2) is 4.79 Å². The molecule has 0 bridgehead atoms. The molecule has 0 fully saturated rings. The summed E-state index contributed by atoms with van der Waals surface area (Å²) in [7, 11) is 1.67. The molecule has 0 saturated heterocycles. The topological polar surface area (TPSA) is 139 Å². The normalized spacial score (nSPS) is 15.6. The quantitative estimate of drug-likeness (QED) is 0.299. The number of carboxylic acids is 1. The molecule has 8 nitrogen and oxygen atoms in total. The van der Waals surface area contributed by atoms with E-state index in [4.69, 9.17) is 11.5 Å². The molecule has 0 saturated carbocycles. The van der Waals surface area contributed by atoms with Gasteiger partial charge < -0.3 is 26.8 Å². The molecule has 2 amide bonds. The van der Waals surface area contributed by atoms with Crippen LogP contribution in [0.15, 0.2) is 11.6 Å². The molecule has 6 N–H and O–H groups in total. The average molecular weight is 413 g/mol. The summed E-state index contributed by atoms with van der Waals surface area (Å²) >= 11 is 0. The number of hydrogen-bond acceptors (Lipinski definition) is 5. The minimum atomic E-state index is -1.08. The molecule has 3 atom stereocenters. The van der Waals surface area contributed by atoms with Gasteiger partial charge in [-0.05, 0) is 44.1 Å². The lowest BCUT2D eigenvalue weighted by Crippen LogP contribution is -2.52. The highest BCUT2D eigenvalue weighted by Crippen LogP contribution is 2.22. The van der Waals surface area contributed by atoms with Crippen LogP contribution in [0.25, 0.3) is 0 Å². The Labute approximate surface area is 175 Å². The van der Waals surface area contributed by atoms with Gasteiger partial charge in [0.2, 0.25) is 11.8 Å². The lowest BCUT2D eigenvalue weighted by atomic mass is 9.86. The fourth-order valence-electron chi connectivity index (χ4n) is 2.84. The second-order valence-electron chi connectivity index (χ2n) is 9.03. The number of nitrogens with two attached hydrogens (primary N) is 2. The van der Waals surface area contributed by atoms with Gasteiger partial charge in [0.15, 0.2) is 0 Å². The minimum absolute atomic E-state index is 0.0405. The van der Waals surface area contributed by atoms with Gasteiger partial charge in [0.1, 0.15) is 6.04 Å². The highest BCUT2D eigenvalue weighted by molar-refractivity contribution is 5.95. The highest BCUT2D eigenvalue weighted by atomic mass is 16.4. The van der Waals surface area contributed by atoms with Crippen LogP contribution in [-0.2, 0) is 14.4 Å². The Kier molecular flexibility index (Phi) is 11.1. The summed E-state index contributed by atoms with van der Waals surface area (Å²) in [6.45, 7) is 11.7. The van der Waals surface area contributed by atoms with Gasteiger partial charge in [-0.15, -0.1) is 0 Å². The Bertz CT molecular complexity index is 596. The Hall–Kier alpha value is -1.93. The van der Waals surface area contributed by atoms with E-state index in [-0.39, 0.29) is 23.3 Å². The zero-order valence-electron chi connectivity index (χ0n) is 19.0. The van der Waals surface area contributed by atoms with Crippen molar-refractivity contribution in [3.05, 3.63) is 11.6 Å². The number of nitrogens with one attached hydrogen (secondary N) is 1. The van der Waals surface area contributed by atoms with Gasteiger partial charge in [0.25, 0.3) is 0 Å². The van der Waals surface area contributed by atoms with Crippen molar-refractivity contribution >= 4 is 17.8 Å². The van der Waals surface area contributed by atoms with E-state index in [1.165, 1.54) is 0 Å². The molecule has 0 aromatic carbocycles. The number of aliphatic carboxylic acids is 1. The molecule has 168 valence electrons. The van der Waals surface area contributed by atoms with Crippen LogP contribution in [0.1, 0.15) is 60.8 Å².